The van der Waals surface area contributed by atoms with Crippen molar-refractivity contribution in [2.75, 3.05) is 46.0 Å². The molecule has 0 radical (unpaired) electrons. The summed E-state index contributed by atoms with van der Waals surface area (Å²) < 4.78 is 25.1. The van der Waals surface area contributed by atoms with Gasteiger partial charge in [0.25, 0.3) is 0 Å². The average Bonchev–Trinajstić information content (AvgIpc) is 2.92. The molecule has 2 bridgehead atoms. The van der Waals surface area contributed by atoms with Gasteiger partial charge in [-0.1, -0.05) is 18.2 Å². The summed E-state index contributed by atoms with van der Waals surface area (Å²) in [5, 5.41) is 0. The van der Waals surface area contributed by atoms with Gasteiger partial charge in [0.15, 0.2) is 9.84 Å². The van der Waals surface area contributed by atoms with Crippen LogP contribution in [0.4, 0.5) is 4.79 Å². The quantitative estimate of drug-likeness (QED) is 0.812. The van der Waals surface area contributed by atoms with Gasteiger partial charge in [0.05, 0.1) is 10.6 Å². The van der Waals surface area contributed by atoms with Crippen molar-refractivity contribution < 1.29 is 13.2 Å². The molecule has 3 saturated heterocycles. The third-order valence-electron chi connectivity index (χ3n) is 5.23. The van der Waals surface area contributed by atoms with Gasteiger partial charge in [0, 0.05) is 46.3 Å². The Bertz CT molecular complexity index is 706. The fraction of sp³-hybridized carbons (Fsp3) is 0.611. The fourth-order valence-electron chi connectivity index (χ4n) is 3.88. The van der Waals surface area contributed by atoms with Crippen LogP contribution in [0, 0.1) is 5.92 Å². The molecule has 138 valence electrons. The molecular weight excluding hydrogens is 338 g/mol. The monoisotopic (exact) mass is 365 g/mol. The zero-order valence-corrected chi connectivity index (χ0v) is 15.8. The highest BCUT2D eigenvalue weighted by molar-refractivity contribution is 7.91. The molecule has 6 nitrogen and oxygen atoms in total. The maximum absolute atomic E-state index is 12.5. The van der Waals surface area contributed by atoms with E-state index in [9.17, 15) is 13.2 Å². The number of carbonyl (C=O) groups excluding carboxylic acids is 1. The van der Waals surface area contributed by atoms with E-state index in [1.807, 2.05) is 11.0 Å². The summed E-state index contributed by atoms with van der Waals surface area (Å²) in [5.74, 6) is 0.559. The summed E-state index contributed by atoms with van der Waals surface area (Å²) in [6, 6.07) is 8.95. The standard InChI is InChI=1S/C18H27N3O3S/c1-19(2)18(22)21-13-15-8-9-16(14-21)20(12-15)10-11-25(23,24)17-6-4-3-5-7-17/h3-7,15-16H,8-14H2,1-2H3/t15-,16-/m1/s1. The molecule has 1 aromatic carbocycles. The van der Waals surface area contributed by atoms with Gasteiger partial charge < -0.3 is 9.80 Å². The Morgan fingerprint density at radius 1 is 1.12 bits per heavy atom. The molecule has 2 amide bonds. The van der Waals surface area contributed by atoms with Crippen LogP contribution in [0.2, 0.25) is 0 Å². The van der Waals surface area contributed by atoms with Gasteiger partial charge in [-0.2, -0.15) is 0 Å². The Morgan fingerprint density at radius 2 is 1.84 bits per heavy atom. The first-order valence-electron chi connectivity index (χ1n) is 8.85. The molecule has 1 aromatic rings. The number of benzene rings is 1. The van der Waals surface area contributed by atoms with Crippen LogP contribution in [0.5, 0.6) is 0 Å². The highest BCUT2D eigenvalue weighted by Crippen LogP contribution is 2.28. The summed E-state index contributed by atoms with van der Waals surface area (Å²) in [5.41, 5.74) is 0. The lowest BCUT2D eigenvalue weighted by Crippen LogP contribution is -2.47. The van der Waals surface area contributed by atoms with Crippen LogP contribution in [0.15, 0.2) is 35.2 Å². The van der Waals surface area contributed by atoms with Gasteiger partial charge in [-0.25, -0.2) is 13.2 Å². The fourth-order valence-corrected chi connectivity index (χ4v) is 5.16. The van der Waals surface area contributed by atoms with Crippen molar-refractivity contribution in [1.82, 2.24) is 14.7 Å². The van der Waals surface area contributed by atoms with Gasteiger partial charge in [0.2, 0.25) is 0 Å². The van der Waals surface area contributed by atoms with E-state index in [2.05, 4.69) is 4.90 Å². The molecule has 0 N–H and O–H groups in total. The molecule has 7 heteroatoms. The molecule has 3 heterocycles. The summed E-state index contributed by atoms with van der Waals surface area (Å²) in [4.78, 5) is 18.5. The molecule has 0 saturated carbocycles. The normalized spacial score (nSPS) is 24.2. The lowest BCUT2D eigenvalue weighted by molar-refractivity contribution is 0.138. The Morgan fingerprint density at radius 3 is 2.52 bits per heavy atom. The van der Waals surface area contributed by atoms with Crippen LogP contribution in [0.3, 0.4) is 0 Å². The number of fused-ring (bicyclic) bond motifs is 4. The van der Waals surface area contributed by atoms with E-state index in [-0.39, 0.29) is 17.8 Å². The van der Waals surface area contributed by atoms with Crippen molar-refractivity contribution in [3.05, 3.63) is 30.3 Å². The molecule has 2 atom stereocenters. The average molecular weight is 365 g/mol. The SMILES string of the molecule is CN(C)C(=O)N1C[C@@H]2CC[C@H](C1)N(CCS(=O)(=O)c1ccccc1)C2. The minimum atomic E-state index is -3.26. The van der Waals surface area contributed by atoms with Crippen molar-refractivity contribution in [1.29, 1.82) is 0 Å². The molecule has 0 spiro atoms. The molecule has 3 aliphatic heterocycles. The molecule has 0 aliphatic carbocycles. The summed E-state index contributed by atoms with van der Waals surface area (Å²) in [6.45, 7) is 2.88. The lowest BCUT2D eigenvalue weighted by atomic mass is 9.95. The zero-order chi connectivity index (χ0) is 18.0. The van der Waals surface area contributed by atoms with Crippen molar-refractivity contribution in [2.45, 2.75) is 23.8 Å². The number of urea groups is 1. The second kappa shape index (κ2) is 7.33. The first-order chi connectivity index (χ1) is 11.9. The molecule has 3 fully saturated rings. The van der Waals surface area contributed by atoms with Crippen LogP contribution >= 0.6 is 0 Å². The zero-order valence-electron chi connectivity index (χ0n) is 15.0. The molecule has 4 rings (SSSR count). The van der Waals surface area contributed by atoms with Gasteiger partial charge in [-0.05, 0) is 30.9 Å². The van der Waals surface area contributed by atoms with Crippen LogP contribution < -0.4 is 0 Å². The van der Waals surface area contributed by atoms with E-state index < -0.39 is 9.84 Å². The van der Waals surface area contributed by atoms with Gasteiger partial charge in [-0.15, -0.1) is 0 Å². The number of rotatable bonds is 4. The van der Waals surface area contributed by atoms with Gasteiger partial charge >= 0.3 is 6.03 Å². The van der Waals surface area contributed by atoms with E-state index in [0.29, 0.717) is 23.9 Å². The maximum atomic E-state index is 12.5. The maximum Gasteiger partial charge on any atom is 0.319 e. The Balaban J connectivity index is 1.65. The van der Waals surface area contributed by atoms with Crippen molar-refractivity contribution in [2.24, 2.45) is 5.92 Å². The van der Waals surface area contributed by atoms with Gasteiger partial charge in [0.1, 0.15) is 0 Å². The van der Waals surface area contributed by atoms with E-state index in [1.165, 1.54) is 0 Å². The predicted octanol–water partition coefficient (Wildman–Crippen LogP) is 1.54. The van der Waals surface area contributed by atoms with E-state index in [1.54, 1.807) is 43.3 Å². The first kappa shape index (κ1) is 18.2. The Labute approximate surface area is 150 Å². The topological polar surface area (TPSA) is 60.9 Å². The van der Waals surface area contributed by atoms with E-state index >= 15 is 0 Å². The minimum absolute atomic E-state index is 0.0515. The number of nitrogens with zero attached hydrogens (tertiary/aromatic N) is 3. The molecule has 0 aromatic heterocycles. The lowest BCUT2D eigenvalue weighted by Gasteiger charge is -2.35. The number of piperidine rings is 1. The Hall–Kier alpha value is -1.60. The number of amides is 2. The number of hydrogen-bond acceptors (Lipinski definition) is 4. The molecule has 3 aliphatic rings. The molecule has 0 unspecified atom stereocenters. The minimum Gasteiger partial charge on any atom is -0.331 e. The van der Waals surface area contributed by atoms with Crippen molar-refractivity contribution >= 4 is 15.9 Å². The summed E-state index contributed by atoms with van der Waals surface area (Å²) >= 11 is 0. The first-order valence-corrected chi connectivity index (χ1v) is 10.5. The largest absolute Gasteiger partial charge is 0.331 e. The van der Waals surface area contributed by atoms with Crippen LogP contribution in [-0.2, 0) is 9.84 Å². The Kier molecular flexibility index (Phi) is 5.34. The van der Waals surface area contributed by atoms with Crippen LogP contribution in [0.25, 0.3) is 0 Å². The smallest absolute Gasteiger partial charge is 0.319 e. The molecular formula is C18H27N3O3S. The van der Waals surface area contributed by atoms with Crippen LogP contribution in [0.1, 0.15) is 12.8 Å². The number of sulfone groups is 1. The van der Waals surface area contributed by atoms with Crippen molar-refractivity contribution in [3.63, 3.8) is 0 Å². The number of carbonyl (C=O) groups is 1. The second-order valence-corrected chi connectivity index (χ2v) is 9.42. The number of hydrogen-bond donors (Lipinski definition) is 0. The highest BCUT2D eigenvalue weighted by atomic mass is 32.2. The third kappa shape index (κ3) is 4.15. The third-order valence-corrected chi connectivity index (χ3v) is 6.94. The van der Waals surface area contributed by atoms with E-state index in [4.69, 9.17) is 0 Å². The highest BCUT2D eigenvalue weighted by Gasteiger charge is 2.37. The van der Waals surface area contributed by atoms with Crippen molar-refractivity contribution in [3.8, 4) is 0 Å². The van der Waals surface area contributed by atoms with E-state index in [0.717, 1.165) is 25.9 Å². The summed E-state index contributed by atoms with van der Waals surface area (Å²) in [6.07, 6.45) is 2.15. The second-order valence-electron chi connectivity index (χ2n) is 7.31. The van der Waals surface area contributed by atoms with Gasteiger partial charge in [-0.3, -0.25) is 4.90 Å². The predicted molar refractivity (Wildman–Crippen MR) is 97.2 cm³/mol. The van der Waals surface area contributed by atoms with Crippen LogP contribution in [-0.4, -0.2) is 81.2 Å². The molecule has 25 heavy (non-hydrogen) atoms. The summed E-state index contributed by atoms with van der Waals surface area (Å²) in [7, 11) is 0.292.